The highest BCUT2D eigenvalue weighted by atomic mass is 16.5. The van der Waals surface area contributed by atoms with Crippen LogP contribution in [0.3, 0.4) is 0 Å². The molecule has 2 saturated heterocycles. The van der Waals surface area contributed by atoms with Gasteiger partial charge in [0.2, 0.25) is 0 Å². The van der Waals surface area contributed by atoms with E-state index in [1.54, 1.807) is 12.7 Å². The van der Waals surface area contributed by atoms with Gasteiger partial charge in [-0.3, -0.25) is 4.90 Å². The minimum absolute atomic E-state index is 0.289. The summed E-state index contributed by atoms with van der Waals surface area (Å²) in [6.45, 7) is 17.6. The Morgan fingerprint density at radius 3 is 2.25 bits per heavy atom. The molecule has 5 heteroatoms. The van der Waals surface area contributed by atoms with Crippen LogP contribution in [0.25, 0.3) is 0 Å². The molecule has 3 aliphatic rings. The van der Waals surface area contributed by atoms with Gasteiger partial charge in [-0.05, 0) is 74.6 Å². The van der Waals surface area contributed by atoms with E-state index in [2.05, 4.69) is 60.6 Å². The average Bonchev–Trinajstić information content (AvgIpc) is 2.77. The first-order valence-corrected chi connectivity index (χ1v) is 12.9. The summed E-state index contributed by atoms with van der Waals surface area (Å²) in [5.74, 6) is 0.681. The molecule has 0 N–H and O–H groups in total. The quantitative estimate of drug-likeness (QED) is 0.633. The second-order valence-corrected chi connectivity index (χ2v) is 11.2. The number of nitrogens with zero attached hydrogens (tertiary/aromatic N) is 3. The number of methoxy groups -OCH3 is 1. The van der Waals surface area contributed by atoms with E-state index in [9.17, 15) is 0 Å². The van der Waals surface area contributed by atoms with Gasteiger partial charge in [-0.1, -0.05) is 13.8 Å². The van der Waals surface area contributed by atoms with E-state index in [1.807, 2.05) is 0 Å². The first-order valence-electron chi connectivity index (χ1n) is 12.9. The molecular formula is C27H45N3O2. The Hall–Kier alpha value is -1.30. The van der Waals surface area contributed by atoms with Crippen LogP contribution in [0.15, 0.2) is 18.2 Å². The molecule has 4 rings (SSSR count). The summed E-state index contributed by atoms with van der Waals surface area (Å²) in [4.78, 5) is 7.72. The molecule has 5 nitrogen and oxygen atoms in total. The van der Waals surface area contributed by atoms with Crippen molar-refractivity contribution in [2.75, 3.05) is 69.3 Å². The van der Waals surface area contributed by atoms with Gasteiger partial charge in [-0.25, -0.2) is 0 Å². The van der Waals surface area contributed by atoms with Gasteiger partial charge in [0.1, 0.15) is 0 Å². The Balaban J connectivity index is 1.55. The predicted molar refractivity (Wildman–Crippen MR) is 134 cm³/mol. The van der Waals surface area contributed by atoms with Crippen LogP contribution in [0.4, 0.5) is 11.4 Å². The van der Waals surface area contributed by atoms with Crippen LogP contribution in [0.2, 0.25) is 0 Å². The minimum Gasteiger partial charge on any atom is -0.383 e. The van der Waals surface area contributed by atoms with E-state index in [-0.39, 0.29) is 12.2 Å². The summed E-state index contributed by atoms with van der Waals surface area (Å²) >= 11 is 0. The van der Waals surface area contributed by atoms with Crippen molar-refractivity contribution in [2.24, 2.45) is 5.41 Å². The summed E-state index contributed by atoms with van der Waals surface area (Å²) in [5, 5.41) is 0. The molecule has 0 bridgehead atoms. The van der Waals surface area contributed by atoms with E-state index >= 15 is 0 Å². The Morgan fingerprint density at radius 2 is 1.62 bits per heavy atom. The average molecular weight is 444 g/mol. The molecule has 0 aromatic heterocycles. The number of hydrogen-bond acceptors (Lipinski definition) is 5. The third-order valence-corrected chi connectivity index (χ3v) is 7.90. The largest absolute Gasteiger partial charge is 0.383 e. The van der Waals surface area contributed by atoms with Gasteiger partial charge in [-0.15, -0.1) is 0 Å². The van der Waals surface area contributed by atoms with E-state index < -0.39 is 0 Å². The molecule has 1 aliphatic carbocycles. The zero-order valence-corrected chi connectivity index (χ0v) is 21.1. The summed E-state index contributed by atoms with van der Waals surface area (Å²) < 4.78 is 11.3. The van der Waals surface area contributed by atoms with Crippen molar-refractivity contribution in [2.45, 2.75) is 71.5 Å². The second-order valence-electron chi connectivity index (χ2n) is 11.2. The summed E-state index contributed by atoms with van der Waals surface area (Å²) in [7, 11) is 1.80. The molecule has 32 heavy (non-hydrogen) atoms. The molecule has 2 aliphatic heterocycles. The van der Waals surface area contributed by atoms with E-state index in [1.165, 1.54) is 37.1 Å². The smallest absolute Gasteiger partial charge is 0.0726 e. The van der Waals surface area contributed by atoms with Crippen LogP contribution in [0.1, 0.15) is 64.9 Å². The maximum atomic E-state index is 6.00. The third-order valence-electron chi connectivity index (χ3n) is 7.90. The Bertz CT molecular complexity index is 724. The molecule has 1 aromatic rings. The highest BCUT2D eigenvalue weighted by Crippen LogP contribution is 2.45. The molecule has 1 saturated carbocycles. The third kappa shape index (κ3) is 5.78. The monoisotopic (exact) mass is 443 g/mol. The Kier molecular flexibility index (Phi) is 7.69. The molecule has 0 radical (unpaired) electrons. The Labute approximate surface area is 196 Å². The maximum Gasteiger partial charge on any atom is 0.0726 e. The normalized spacial score (nSPS) is 27.7. The van der Waals surface area contributed by atoms with Crippen LogP contribution in [-0.4, -0.2) is 76.6 Å². The SMILES string of the molecule is COCCN1CCN(c2ccc(N3CC(C)OC(C)C3)cc2C2CCC(C)(C)CC2)CC1. The van der Waals surface area contributed by atoms with Crippen LogP contribution in [0.5, 0.6) is 0 Å². The van der Waals surface area contributed by atoms with Crippen molar-refractivity contribution in [1.29, 1.82) is 0 Å². The van der Waals surface area contributed by atoms with Gasteiger partial charge in [0, 0.05) is 64.3 Å². The van der Waals surface area contributed by atoms with Crippen LogP contribution in [0, 0.1) is 5.41 Å². The van der Waals surface area contributed by atoms with Crippen molar-refractivity contribution >= 4 is 11.4 Å². The minimum atomic E-state index is 0.289. The molecule has 2 atom stereocenters. The lowest BCUT2D eigenvalue weighted by Crippen LogP contribution is -2.48. The van der Waals surface area contributed by atoms with Crippen molar-refractivity contribution in [3.8, 4) is 0 Å². The number of hydrogen-bond donors (Lipinski definition) is 0. The highest BCUT2D eigenvalue weighted by molar-refractivity contribution is 5.64. The molecule has 2 heterocycles. The summed E-state index contributed by atoms with van der Waals surface area (Å²) in [5.41, 5.74) is 4.96. The van der Waals surface area contributed by atoms with Crippen molar-refractivity contribution in [3.63, 3.8) is 0 Å². The van der Waals surface area contributed by atoms with Crippen molar-refractivity contribution in [3.05, 3.63) is 23.8 Å². The first-order chi connectivity index (χ1) is 15.3. The number of piperazine rings is 1. The number of anilines is 2. The fourth-order valence-electron chi connectivity index (χ4n) is 5.89. The number of benzene rings is 1. The molecular weight excluding hydrogens is 398 g/mol. The highest BCUT2D eigenvalue weighted by Gasteiger charge is 2.31. The van der Waals surface area contributed by atoms with Crippen LogP contribution in [-0.2, 0) is 9.47 Å². The van der Waals surface area contributed by atoms with Gasteiger partial charge in [0.15, 0.2) is 0 Å². The van der Waals surface area contributed by atoms with E-state index in [0.717, 1.165) is 52.4 Å². The molecule has 0 amide bonds. The number of ether oxygens (including phenoxy) is 2. The molecule has 180 valence electrons. The number of morpholine rings is 1. The van der Waals surface area contributed by atoms with Crippen LogP contribution >= 0.6 is 0 Å². The van der Waals surface area contributed by atoms with Crippen LogP contribution < -0.4 is 9.80 Å². The van der Waals surface area contributed by atoms with Crippen molar-refractivity contribution < 1.29 is 9.47 Å². The van der Waals surface area contributed by atoms with Gasteiger partial charge in [0.05, 0.1) is 18.8 Å². The van der Waals surface area contributed by atoms with E-state index in [0.29, 0.717) is 11.3 Å². The standard InChI is InChI=1S/C27H45N3O2/c1-21-19-30(20-22(2)32-21)24-6-7-26(29-14-12-28(13-15-29)16-17-31-5)25(18-24)23-8-10-27(3,4)11-9-23/h6-7,18,21-23H,8-17,19-20H2,1-5H3. The maximum absolute atomic E-state index is 6.00. The van der Waals surface area contributed by atoms with Gasteiger partial charge in [-0.2, -0.15) is 0 Å². The second kappa shape index (κ2) is 10.3. The van der Waals surface area contributed by atoms with Crippen molar-refractivity contribution in [1.82, 2.24) is 4.90 Å². The number of rotatable bonds is 6. The van der Waals surface area contributed by atoms with Gasteiger partial charge >= 0.3 is 0 Å². The molecule has 3 fully saturated rings. The van der Waals surface area contributed by atoms with E-state index in [4.69, 9.17) is 9.47 Å². The fraction of sp³-hybridized carbons (Fsp3) is 0.778. The zero-order valence-electron chi connectivity index (χ0n) is 21.1. The predicted octanol–water partition coefficient (Wildman–Crippen LogP) is 4.75. The Morgan fingerprint density at radius 1 is 0.969 bits per heavy atom. The lowest BCUT2D eigenvalue weighted by molar-refractivity contribution is -0.00522. The summed E-state index contributed by atoms with van der Waals surface area (Å²) in [6, 6.07) is 7.34. The lowest BCUT2D eigenvalue weighted by atomic mass is 9.71. The fourth-order valence-corrected chi connectivity index (χ4v) is 5.89. The molecule has 2 unspecified atom stereocenters. The zero-order chi connectivity index (χ0) is 22.7. The summed E-state index contributed by atoms with van der Waals surface area (Å²) in [6.07, 6.45) is 5.87. The first kappa shape index (κ1) is 23.8. The van der Waals surface area contributed by atoms with Gasteiger partial charge < -0.3 is 19.3 Å². The molecule has 1 aromatic carbocycles. The van der Waals surface area contributed by atoms with Gasteiger partial charge in [0.25, 0.3) is 0 Å². The lowest BCUT2D eigenvalue weighted by Gasteiger charge is -2.41. The topological polar surface area (TPSA) is 28.2 Å². The molecule has 0 spiro atoms.